The second-order valence-corrected chi connectivity index (χ2v) is 16.0. The Balaban J connectivity index is 1.04. The fourth-order valence-corrected chi connectivity index (χ4v) is 9.40. The molecule has 1 aliphatic rings. The summed E-state index contributed by atoms with van der Waals surface area (Å²) in [5.74, 6) is 0.872. The summed E-state index contributed by atoms with van der Waals surface area (Å²) < 4.78 is 2.44. The second-order valence-electron chi connectivity index (χ2n) is 16.0. The van der Waals surface area contributed by atoms with Crippen molar-refractivity contribution in [2.45, 2.75) is 50.9 Å². The first-order chi connectivity index (χ1) is 29.2. The van der Waals surface area contributed by atoms with Gasteiger partial charge < -0.3 is 14.4 Å². The van der Waals surface area contributed by atoms with E-state index >= 15 is 0 Å². The van der Waals surface area contributed by atoms with Crippen molar-refractivity contribution in [3.05, 3.63) is 223 Å². The monoisotopic (exact) mass is 763 g/mol. The SMILES string of the molecule is CC(c1ccc(N(c2ccccc2)c2ccccc2)cc1)c1ccc(N(c2ccc(C3CCCCC3)cc2)c2cccc3c4ccccc4n(-c4ccccc4)c23)cc1. The number of para-hydroxylation sites is 5. The van der Waals surface area contributed by atoms with Crippen LogP contribution in [0.5, 0.6) is 0 Å². The maximum atomic E-state index is 2.47. The van der Waals surface area contributed by atoms with Crippen LogP contribution >= 0.6 is 0 Å². The van der Waals surface area contributed by atoms with Crippen LogP contribution in [0.3, 0.4) is 0 Å². The van der Waals surface area contributed by atoms with Gasteiger partial charge in [0.25, 0.3) is 0 Å². The average molecular weight is 764 g/mol. The average Bonchev–Trinajstić information content (AvgIpc) is 3.66. The number of hydrogen-bond acceptors (Lipinski definition) is 2. The molecule has 0 spiro atoms. The number of nitrogens with zero attached hydrogens (tertiary/aromatic N) is 3. The molecule has 0 saturated heterocycles. The minimum atomic E-state index is 0.215. The van der Waals surface area contributed by atoms with E-state index < -0.39 is 0 Å². The topological polar surface area (TPSA) is 11.4 Å². The van der Waals surface area contributed by atoms with Gasteiger partial charge in [-0.2, -0.15) is 0 Å². The van der Waals surface area contributed by atoms with Gasteiger partial charge in [-0.1, -0.05) is 148 Å². The number of anilines is 6. The lowest BCUT2D eigenvalue weighted by atomic mass is 9.84. The van der Waals surface area contributed by atoms with Gasteiger partial charge in [0.2, 0.25) is 0 Å². The lowest BCUT2D eigenvalue weighted by Crippen LogP contribution is -2.12. The van der Waals surface area contributed by atoms with E-state index in [0.717, 1.165) is 34.1 Å². The first-order valence-electron chi connectivity index (χ1n) is 21.3. The Morgan fingerprint density at radius 2 is 0.898 bits per heavy atom. The minimum absolute atomic E-state index is 0.215. The molecule has 3 heteroatoms. The first kappa shape index (κ1) is 36.5. The van der Waals surface area contributed by atoms with Gasteiger partial charge in [0.05, 0.1) is 16.7 Å². The Kier molecular flexibility index (Phi) is 10.0. The highest BCUT2D eigenvalue weighted by atomic mass is 15.2. The maximum Gasteiger partial charge on any atom is 0.0782 e. The Morgan fingerprint density at radius 3 is 1.49 bits per heavy atom. The van der Waals surface area contributed by atoms with Gasteiger partial charge in [-0.3, -0.25) is 0 Å². The van der Waals surface area contributed by atoms with Crippen LogP contribution in [0.4, 0.5) is 34.1 Å². The predicted molar refractivity (Wildman–Crippen MR) is 250 cm³/mol. The van der Waals surface area contributed by atoms with Crippen LogP contribution in [0.25, 0.3) is 27.5 Å². The van der Waals surface area contributed by atoms with Crippen molar-refractivity contribution < 1.29 is 0 Å². The highest BCUT2D eigenvalue weighted by Gasteiger charge is 2.23. The van der Waals surface area contributed by atoms with Crippen molar-refractivity contribution in [1.82, 2.24) is 4.57 Å². The summed E-state index contributed by atoms with van der Waals surface area (Å²) in [6, 6.07) is 75.5. The van der Waals surface area contributed by atoms with E-state index in [9.17, 15) is 0 Å². The number of aromatic nitrogens is 1. The molecular weight excluding hydrogens is 715 g/mol. The third-order valence-corrected chi connectivity index (χ3v) is 12.5. The highest BCUT2D eigenvalue weighted by Crippen LogP contribution is 2.45. The van der Waals surface area contributed by atoms with E-state index in [1.165, 1.54) is 76.3 Å². The molecule has 0 amide bonds. The zero-order valence-corrected chi connectivity index (χ0v) is 33.7. The summed E-state index contributed by atoms with van der Waals surface area (Å²) in [7, 11) is 0. The van der Waals surface area contributed by atoms with Crippen LogP contribution in [-0.4, -0.2) is 4.57 Å². The normalized spacial score (nSPS) is 13.7. The van der Waals surface area contributed by atoms with Gasteiger partial charge in [0.1, 0.15) is 0 Å². The fourth-order valence-electron chi connectivity index (χ4n) is 9.40. The Hall–Kier alpha value is -6.84. The van der Waals surface area contributed by atoms with Crippen molar-refractivity contribution in [3.8, 4) is 5.69 Å². The standard InChI is InChI=1S/C56H49N3/c1-41(42-29-35-49(36-30-42)57(46-19-8-3-9-20-46)47-21-10-4-11-22-47)43-31-37-50(38-32-43)58(51-39-33-45(34-40-51)44-17-6-2-7-18-44)55-28-16-26-53-52-25-14-15-27-54(52)59(56(53)55)48-23-12-5-13-24-48/h3-5,8-16,19-41,44H,2,6-7,17-18H2,1H3. The van der Waals surface area contributed by atoms with Crippen molar-refractivity contribution >= 4 is 55.9 Å². The lowest BCUT2D eigenvalue weighted by Gasteiger charge is -2.28. The quantitative estimate of drug-likeness (QED) is 0.137. The van der Waals surface area contributed by atoms with Crippen molar-refractivity contribution in [3.63, 3.8) is 0 Å². The van der Waals surface area contributed by atoms with E-state index in [2.05, 4.69) is 228 Å². The summed E-state index contributed by atoms with van der Waals surface area (Å²) in [4.78, 5) is 4.79. The molecule has 288 valence electrons. The van der Waals surface area contributed by atoms with Crippen LogP contribution in [0, 0.1) is 0 Å². The summed E-state index contributed by atoms with van der Waals surface area (Å²) in [5.41, 5.74) is 14.5. The van der Waals surface area contributed by atoms with E-state index in [4.69, 9.17) is 0 Å². The molecule has 1 aliphatic carbocycles. The van der Waals surface area contributed by atoms with E-state index in [0.29, 0.717) is 5.92 Å². The molecule has 1 unspecified atom stereocenters. The number of fused-ring (bicyclic) bond motifs is 3. The molecule has 1 fully saturated rings. The molecule has 59 heavy (non-hydrogen) atoms. The summed E-state index contributed by atoms with van der Waals surface area (Å²) >= 11 is 0. The second kappa shape index (κ2) is 16.2. The van der Waals surface area contributed by atoms with Gasteiger partial charge in [0.15, 0.2) is 0 Å². The molecule has 3 nitrogen and oxygen atoms in total. The third-order valence-electron chi connectivity index (χ3n) is 12.5. The van der Waals surface area contributed by atoms with E-state index in [1.54, 1.807) is 0 Å². The van der Waals surface area contributed by atoms with E-state index in [1.807, 2.05) is 0 Å². The smallest absolute Gasteiger partial charge is 0.0782 e. The molecule has 9 aromatic rings. The van der Waals surface area contributed by atoms with Crippen molar-refractivity contribution in [2.75, 3.05) is 9.80 Å². The van der Waals surface area contributed by atoms with Gasteiger partial charge in [-0.05, 0) is 120 Å². The molecule has 0 bridgehead atoms. The summed E-state index contributed by atoms with van der Waals surface area (Å²) in [5, 5.41) is 2.50. The predicted octanol–water partition coefficient (Wildman–Crippen LogP) is 15.9. The molecular formula is C56H49N3. The molecule has 0 radical (unpaired) electrons. The Bertz CT molecular complexity index is 2740. The zero-order valence-electron chi connectivity index (χ0n) is 33.7. The van der Waals surface area contributed by atoms with E-state index in [-0.39, 0.29) is 5.92 Å². The first-order valence-corrected chi connectivity index (χ1v) is 21.3. The Morgan fingerprint density at radius 1 is 0.424 bits per heavy atom. The van der Waals surface area contributed by atoms with Gasteiger partial charge >= 0.3 is 0 Å². The summed E-state index contributed by atoms with van der Waals surface area (Å²) in [6.45, 7) is 2.32. The number of hydrogen-bond donors (Lipinski definition) is 0. The van der Waals surface area contributed by atoms with Crippen molar-refractivity contribution in [1.29, 1.82) is 0 Å². The molecule has 1 heterocycles. The molecule has 1 saturated carbocycles. The van der Waals surface area contributed by atoms with Crippen molar-refractivity contribution in [2.24, 2.45) is 0 Å². The number of rotatable bonds is 10. The molecule has 0 aliphatic heterocycles. The minimum Gasteiger partial charge on any atom is -0.311 e. The van der Waals surface area contributed by atoms with Crippen LogP contribution < -0.4 is 9.80 Å². The zero-order chi connectivity index (χ0) is 39.5. The molecule has 8 aromatic carbocycles. The van der Waals surface area contributed by atoms with Crippen LogP contribution in [-0.2, 0) is 0 Å². The summed E-state index contributed by atoms with van der Waals surface area (Å²) in [6.07, 6.45) is 6.61. The molecule has 1 atom stereocenters. The van der Waals surface area contributed by atoms with Gasteiger partial charge in [-0.25, -0.2) is 0 Å². The maximum absolute atomic E-state index is 2.47. The highest BCUT2D eigenvalue weighted by molar-refractivity contribution is 6.14. The third kappa shape index (κ3) is 7.08. The Labute approximate surface area is 348 Å². The van der Waals surface area contributed by atoms with Gasteiger partial charge in [0, 0.05) is 50.8 Å². The van der Waals surface area contributed by atoms with Crippen LogP contribution in [0.1, 0.15) is 67.6 Å². The largest absolute Gasteiger partial charge is 0.311 e. The fraction of sp³-hybridized carbons (Fsp3) is 0.143. The molecule has 1 aromatic heterocycles. The lowest BCUT2D eigenvalue weighted by molar-refractivity contribution is 0.443. The van der Waals surface area contributed by atoms with Crippen LogP contribution in [0.15, 0.2) is 206 Å². The van der Waals surface area contributed by atoms with Crippen LogP contribution in [0.2, 0.25) is 0 Å². The van der Waals surface area contributed by atoms with Gasteiger partial charge in [-0.15, -0.1) is 0 Å². The number of benzene rings is 8. The molecule has 0 N–H and O–H groups in total. The molecule has 10 rings (SSSR count).